The lowest BCUT2D eigenvalue weighted by molar-refractivity contribution is -0.114. The molecule has 0 fully saturated rings. The van der Waals surface area contributed by atoms with Gasteiger partial charge in [-0.25, -0.2) is 9.18 Å². The first-order valence-electron chi connectivity index (χ1n) is 7.16. The van der Waals surface area contributed by atoms with Crippen molar-refractivity contribution in [3.05, 3.63) is 65.0 Å². The van der Waals surface area contributed by atoms with Crippen molar-refractivity contribution < 1.29 is 28.4 Å². The number of rotatable bonds is 3. The van der Waals surface area contributed by atoms with Gasteiger partial charge in [0.15, 0.2) is 0 Å². The average molecular weight is 342 g/mol. The van der Waals surface area contributed by atoms with Crippen LogP contribution in [0.2, 0.25) is 0 Å². The molecule has 7 nitrogen and oxygen atoms in total. The molecule has 1 heterocycles. The molecule has 0 bridgehead atoms. The van der Waals surface area contributed by atoms with Crippen molar-refractivity contribution in [1.29, 1.82) is 0 Å². The maximum atomic E-state index is 14.0. The first-order chi connectivity index (χ1) is 11.9. The molecule has 3 amide bonds. The van der Waals surface area contributed by atoms with E-state index in [-0.39, 0.29) is 21.9 Å². The summed E-state index contributed by atoms with van der Waals surface area (Å²) in [7, 11) is 0. The van der Waals surface area contributed by atoms with Gasteiger partial charge in [0.1, 0.15) is 11.4 Å². The van der Waals surface area contributed by atoms with Crippen LogP contribution in [0.5, 0.6) is 0 Å². The van der Waals surface area contributed by atoms with E-state index in [4.69, 9.17) is 4.84 Å². The van der Waals surface area contributed by atoms with Gasteiger partial charge in [-0.15, -0.1) is 0 Å². The maximum Gasteiger partial charge on any atom is 0.369 e. The molecule has 8 heteroatoms. The van der Waals surface area contributed by atoms with Crippen molar-refractivity contribution in [1.82, 2.24) is 5.06 Å². The first-order valence-corrected chi connectivity index (χ1v) is 7.16. The summed E-state index contributed by atoms with van der Waals surface area (Å²) >= 11 is 0. The second-order valence-corrected chi connectivity index (χ2v) is 5.17. The Kier molecular flexibility index (Phi) is 4.02. The minimum absolute atomic E-state index is 0.0796. The van der Waals surface area contributed by atoms with Crippen LogP contribution in [0.4, 0.5) is 10.1 Å². The minimum Gasteiger partial charge on any atom is -0.325 e. The molecule has 2 aromatic carbocycles. The van der Waals surface area contributed by atoms with Crippen molar-refractivity contribution in [3.8, 4) is 0 Å². The van der Waals surface area contributed by atoms with Crippen LogP contribution in [-0.2, 0) is 9.63 Å². The lowest BCUT2D eigenvalue weighted by Crippen LogP contribution is -2.33. The van der Waals surface area contributed by atoms with Gasteiger partial charge in [-0.3, -0.25) is 14.4 Å². The standard InChI is InChI=1S/C17H11FN2O5/c1-9(21)19-13-8-4-7-12(18)14(13)17(24)25-20-15(22)10-5-2-3-6-11(10)16(20)23/h2-8H,1H3,(H,19,21). The largest absolute Gasteiger partial charge is 0.369 e. The molecule has 0 radical (unpaired) electrons. The summed E-state index contributed by atoms with van der Waals surface area (Å²) in [5, 5.41) is 2.57. The van der Waals surface area contributed by atoms with Gasteiger partial charge in [0.2, 0.25) is 5.91 Å². The number of carbonyl (C=O) groups excluding carboxylic acids is 4. The fourth-order valence-electron chi connectivity index (χ4n) is 2.40. The van der Waals surface area contributed by atoms with Crippen molar-refractivity contribution in [2.24, 2.45) is 0 Å². The highest BCUT2D eigenvalue weighted by molar-refractivity contribution is 6.21. The number of nitrogens with zero attached hydrogens (tertiary/aromatic N) is 1. The maximum absolute atomic E-state index is 14.0. The van der Waals surface area contributed by atoms with Gasteiger partial charge in [0, 0.05) is 6.92 Å². The summed E-state index contributed by atoms with van der Waals surface area (Å²) in [5.41, 5.74) is -0.560. The first kappa shape index (κ1) is 16.3. The zero-order valence-electron chi connectivity index (χ0n) is 12.9. The Bertz CT molecular complexity index is 890. The topological polar surface area (TPSA) is 92.8 Å². The molecular formula is C17H11FN2O5. The van der Waals surface area contributed by atoms with Crippen LogP contribution in [0.15, 0.2) is 42.5 Å². The highest BCUT2D eigenvalue weighted by Gasteiger charge is 2.39. The molecule has 126 valence electrons. The Labute approximate surface area is 140 Å². The van der Waals surface area contributed by atoms with E-state index in [1.165, 1.54) is 31.2 Å². The Morgan fingerprint density at radius 3 is 2.16 bits per heavy atom. The third-order valence-corrected chi connectivity index (χ3v) is 3.46. The van der Waals surface area contributed by atoms with E-state index in [1.54, 1.807) is 12.1 Å². The van der Waals surface area contributed by atoms with E-state index < -0.39 is 35.1 Å². The molecule has 1 aliphatic rings. The Morgan fingerprint density at radius 1 is 1.00 bits per heavy atom. The van der Waals surface area contributed by atoms with Gasteiger partial charge < -0.3 is 10.2 Å². The number of halogens is 1. The van der Waals surface area contributed by atoms with Gasteiger partial charge in [-0.05, 0) is 24.3 Å². The molecule has 0 atom stereocenters. The van der Waals surface area contributed by atoms with Crippen molar-refractivity contribution in [3.63, 3.8) is 0 Å². The lowest BCUT2D eigenvalue weighted by Gasteiger charge is -2.15. The molecule has 1 N–H and O–H groups in total. The summed E-state index contributed by atoms with van der Waals surface area (Å²) in [6.45, 7) is 1.18. The fraction of sp³-hybridized carbons (Fsp3) is 0.0588. The predicted octanol–water partition coefficient (Wildman–Crippen LogP) is 2.15. The Morgan fingerprint density at radius 2 is 1.60 bits per heavy atom. The average Bonchev–Trinajstić information content (AvgIpc) is 2.80. The summed E-state index contributed by atoms with van der Waals surface area (Å²) < 4.78 is 14.0. The van der Waals surface area contributed by atoms with E-state index in [2.05, 4.69) is 5.32 Å². The number of anilines is 1. The molecule has 0 spiro atoms. The highest BCUT2D eigenvalue weighted by Crippen LogP contribution is 2.25. The molecule has 25 heavy (non-hydrogen) atoms. The summed E-state index contributed by atoms with van der Waals surface area (Å²) in [6, 6.07) is 9.51. The van der Waals surface area contributed by atoms with Crippen LogP contribution in [0, 0.1) is 5.82 Å². The van der Waals surface area contributed by atoms with E-state index in [0.717, 1.165) is 6.07 Å². The molecule has 2 aromatic rings. The van der Waals surface area contributed by atoms with Crippen LogP contribution >= 0.6 is 0 Å². The number of hydrogen-bond acceptors (Lipinski definition) is 5. The van der Waals surface area contributed by atoms with Crippen LogP contribution in [0.1, 0.15) is 38.0 Å². The van der Waals surface area contributed by atoms with Gasteiger partial charge in [0.05, 0.1) is 16.8 Å². The number of nitrogens with one attached hydrogen (secondary N) is 1. The van der Waals surface area contributed by atoms with Gasteiger partial charge in [-0.1, -0.05) is 23.3 Å². The molecule has 0 saturated carbocycles. The second kappa shape index (κ2) is 6.16. The number of fused-ring (bicyclic) bond motifs is 1. The molecule has 3 rings (SSSR count). The van der Waals surface area contributed by atoms with Crippen LogP contribution < -0.4 is 5.32 Å². The molecule has 0 aliphatic carbocycles. The van der Waals surface area contributed by atoms with Crippen LogP contribution in [0.3, 0.4) is 0 Å². The molecule has 1 aliphatic heterocycles. The summed E-state index contributed by atoms with van der Waals surface area (Å²) in [5.74, 6) is -4.43. The predicted molar refractivity (Wildman–Crippen MR) is 83.1 cm³/mol. The number of hydrogen-bond donors (Lipinski definition) is 1. The smallest absolute Gasteiger partial charge is 0.325 e. The van der Waals surface area contributed by atoms with Crippen molar-refractivity contribution in [2.75, 3.05) is 5.32 Å². The monoisotopic (exact) mass is 342 g/mol. The van der Waals surface area contributed by atoms with E-state index in [0.29, 0.717) is 0 Å². The van der Waals surface area contributed by atoms with Gasteiger partial charge in [-0.2, -0.15) is 0 Å². The number of carbonyl (C=O) groups is 4. The van der Waals surface area contributed by atoms with Crippen LogP contribution in [-0.4, -0.2) is 28.8 Å². The minimum atomic E-state index is -1.28. The quantitative estimate of drug-likeness (QED) is 0.863. The third kappa shape index (κ3) is 2.85. The van der Waals surface area contributed by atoms with Crippen molar-refractivity contribution in [2.45, 2.75) is 6.92 Å². The second-order valence-electron chi connectivity index (χ2n) is 5.17. The molecule has 0 aromatic heterocycles. The number of benzene rings is 2. The summed E-state index contributed by atoms with van der Waals surface area (Å²) in [4.78, 5) is 52.7. The number of imide groups is 1. The van der Waals surface area contributed by atoms with E-state index in [9.17, 15) is 23.6 Å². The zero-order chi connectivity index (χ0) is 18.1. The molecule has 0 saturated heterocycles. The Balaban J connectivity index is 1.91. The normalized spacial score (nSPS) is 12.8. The van der Waals surface area contributed by atoms with E-state index in [1.807, 2.05) is 0 Å². The van der Waals surface area contributed by atoms with Crippen molar-refractivity contribution >= 4 is 29.4 Å². The summed E-state index contributed by atoms with van der Waals surface area (Å²) in [6.07, 6.45) is 0. The van der Waals surface area contributed by atoms with Gasteiger partial charge >= 0.3 is 5.97 Å². The molecular weight excluding hydrogens is 331 g/mol. The Hall–Kier alpha value is -3.55. The third-order valence-electron chi connectivity index (χ3n) is 3.46. The number of amides is 3. The lowest BCUT2D eigenvalue weighted by atomic mass is 10.1. The molecule has 0 unspecified atom stereocenters. The van der Waals surface area contributed by atoms with Gasteiger partial charge in [0.25, 0.3) is 11.8 Å². The zero-order valence-corrected chi connectivity index (χ0v) is 12.9. The van der Waals surface area contributed by atoms with E-state index >= 15 is 0 Å². The van der Waals surface area contributed by atoms with Crippen LogP contribution in [0.25, 0.3) is 0 Å². The fourth-order valence-corrected chi connectivity index (χ4v) is 2.40. The SMILES string of the molecule is CC(=O)Nc1cccc(F)c1C(=O)ON1C(=O)c2ccccc2C1=O. The highest BCUT2D eigenvalue weighted by atomic mass is 19.1. The number of hydroxylamine groups is 2.